The second kappa shape index (κ2) is 4.55. The van der Waals surface area contributed by atoms with Crippen molar-refractivity contribution >= 4 is 14.3 Å². The van der Waals surface area contributed by atoms with Gasteiger partial charge < -0.3 is 0 Å². The van der Waals surface area contributed by atoms with Crippen LogP contribution in [0.1, 0.15) is 13.3 Å². The Morgan fingerprint density at radius 3 is 2.57 bits per heavy atom. The van der Waals surface area contributed by atoms with Crippen LogP contribution >= 0.6 is 0 Å². The van der Waals surface area contributed by atoms with Crippen molar-refractivity contribution in [3.05, 3.63) is 18.7 Å². The lowest BCUT2D eigenvalue weighted by Crippen LogP contribution is -2.26. The highest BCUT2D eigenvalue weighted by Crippen LogP contribution is 2.26. The van der Waals surface area contributed by atoms with Gasteiger partial charge in [0.2, 0.25) is 0 Å². The first-order valence-electron chi connectivity index (χ1n) is 5.06. The summed E-state index contributed by atoms with van der Waals surface area (Å²) >= 11 is 0. The van der Waals surface area contributed by atoms with E-state index in [-0.39, 0.29) is 0 Å². The van der Waals surface area contributed by atoms with Crippen LogP contribution in [0, 0.1) is 0 Å². The Kier molecular flexibility index (Phi) is 3.63. The second-order valence-corrected chi connectivity index (χ2v) is 10.1. The minimum atomic E-state index is -1.07. The van der Waals surface area contributed by atoms with Crippen LogP contribution in [-0.2, 0) is 0 Å². The zero-order valence-corrected chi connectivity index (χ0v) is 10.4. The van der Waals surface area contributed by atoms with Crippen molar-refractivity contribution in [2.24, 2.45) is 0 Å². The quantitative estimate of drug-likeness (QED) is 0.714. The van der Waals surface area contributed by atoms with Crippen LogP contribution in [0.3, 0.4) is 0 Å². The molecule has 0 aliphatic carbocycles. The maximum atomic E-state index is 4.04. The van der Waals surface area contributed by atoms with E-state index in [4.69, 9.17) is 0 Å². The Morgan fingerprint density at radius 2 is 2.14 bits per heavy atom. The summed E-state index contributed by atoms with van der Waals surface area (Å²) in [6.45, 7) is 9.43. The van der Waals surface area contributed by atoms with E-state index in [9.17, 15) is 0 Å². The molecule has 14 heavy (non-hydrogen) atoms. The van der Waals surface area contributed by atoms with Crippen molar-refractivity contribution in [2.75, 3.05) is 0 Å². The number of nitrogens with zero attached hydrogens (tertiary/aromatic N) is 3. The molecule has 0 aromatic carbocycles. The van der Waals surface area contributed by atoms with Gasteiger partial charge in [-0.2, -0.15) is 5.10 Å². The van der Waals surface area contributed by atoms with Crippen molar-refractivity contribution in [3.8, 4) is 0 Å². The molecule has 1 aromatic heterocycles. The summed E-state index contributed by atoms with van der Waals surface area (Å²) in [5, 5.41) is 4.04. The van der Waals surface area contributed by atoms with E-state index < -0.39 is 8.07 Å². The van der Waals surface area contributed by atoms with Crippen molar-refractivity contribution in [2.45, 2.75) is 38.5 Å². The zero-order valence-electron chi connectivity index (χ0n) is 9.44. The summed E-state index contributed by atoms with van der Waals surface area (Å²) in [4.78, 5) is 3.90. The molecule has 4 heteroatoms. The van der Waals surface area contributed by atoms with Crippen LogP contribution in [0.25, 0.3) is 6.20 Å². The Hall–Kier alpha value is -0.903. The van der Waals surface area contributed by atoms with E-state index in [1.54, 1.807) is 17.3 Å². The third kappa shape index (κ3) is 3.10. The number of allylic oxidation sites excluding steroid dienone is 1. The first-order valence-corrected chi connectivity index (χ1v) is 8.64. The fourth-order valence-electron chi connectivity index (χ4n) is 1.52. The standard InChI is InChI=1S/C10H19N3Si/c1-5-10(14(2,3)4)6-7-13-9-11-8-12-13/h6-10H,5H2,1-4H3. The number of aromatic nitrogens is 3. The smallest absolute Gasteiger partial charge is 0.138 e. The van der Waals surface area contributed by atoms with Crippen molar-refractivity contribution in [1.29, 1.82) is 0 Å². The van der Waals surface area contributed by atoms with E-state index in [0.717, 1.165) is 0 Å². The predicted molar refractivity (Wildman–Crippen MR) is 62.7 cm³/mol. The van der Waals surface area contributed by atoms with Gasteiger partial charge in [-0.1, -0.05) is 39.1 Å². The number of rotatable bonds is 4. The van der Waals surface area contributed by atoms with Crippen molar-refractivity contribution < 1.29 is 0 Å². The van der Waals surface area contributed by atoms with Gasteiger partial charge >= 0.3 is 0 Å². The van der Waals surface area contributed by atoms with Crippen molar-refractivity contribution in [3.63, 3.8) is 0 Å². The Bertz CT molecular complexity index is 285. The van der Waals surface area contributed by atoms with E-state index >= 15 is 0 Å². The van der Waals surface area contributed by atoms with E-state index in [2.05, 4.69) is 42.7 Å². The van der Waals surface area contributed by atoms with Gasteiger partial charge in [-0.25, -0.2) is 9.67 Å². The Labute approximate surface area is 86.9 Å². The first-order chi connectivity index (χ1) is 6.54. The number of hydrogen-bond donors (Lipinski definition) is 0. The summed E-state index contributed by atoms with van der Waals surface area (Å²) in [6.07, 6.45) is 8.76. The topological polar surface area (TPSA) is 30.7 Å². The molecule has 0 amide bonds. The lowest BCUT2D eigenvalue weighted by Gasteiger charge is -2.24. The molecule has 0 spiro atoms. The van der Waals surface area contributed by atoms with Crippen LogP contribution in [0.2, 0.25) is 25.2 Å². The average molecular weight is 209 g/mol. The van der Waals surface area contributed by atoms with Crippen LogP contribution in [0.15, 0.2) is 18.7 Å². The molecular formula is C10H19N3Si. The summed E-state index contributed by atoms with van der Waals surface area (Å²) in [7, 11) is -1.07. The van der Waals surface area contributed by atoms with E-state index in [0.29, 0.717) is 5.54 Å². The highest BCUT2D eigenvalue weighted by molar-refractivity contribution is 6.78. The largest absolute Gasteiger partial charge is 0.229 e. The Balaban J connectivity index is 2.66. The molecule has 0 saturated carbocycles. The zero-order chi connectivity index (χ0) is 10.6. The van der Waals surface area contributed by atoms with Gasteiger partial charge in [0.15, 0.2) is 0 Å². The third-order valence-electron chi connectivity index (χ3n) is 2.46. The highest BCUT2D eigenvalue weighted by atomic mass is 28.3. The maximum absolute atomic E-state index is 4.04. The molecule has 78 valence electrons. The summed E-state index contributed by atoms with van der Waals surface area (Å²) in [5.74, 6) is 0. The molecule has 0 saturated heterocycles. The van der Waals surface area contributed by atoms with E-state index in [1.807, 2.05) is 6.20 Å². The van der Waals surface area contributed by atoms with Crippen LogP contribution < -0.4 is 0 Å². The fraction of sp³-hybridized carbons (Fsp3) is 0.600. The van der Waals surface area contributed by atoms with Crippen LogP contribution in [0.5, 0.6) is 0 Å². The van der Waals surface area contributed by atoms with Crippen LogP contribution in [-0.4, -0.2) is 22.8 Å². The molecule has 1 heterocycles. The minimum absolute atomic E-state index is 0.715. The molecule has 0 aliphatic heterocycles. The molecule has 0 fully saturated rings. The molecule has 0 aliphatic rings. The van der Waals surface area contributed by atoms with Gasteiger partial charge in [0.25, 0.3) is 0 Å². The molecular weight excluding hydrogens is 190 g/mol. The highest BCUT2D eigenvalue weighted by Gasteiger charge is 2.22. The maximum Gasteiger partial charge on any atom is 0.138 e. The molecule has 3 nitrogen and oxygen atoms in total. The minimum Gasteiger partial charge on any atom is -0.229 e. The molecule has 1 atom stereocenters. The third-order valence-corrected chi connectivity index (χ3v) is 5.29. The predicted octanol–water partition coefficient (Wildman–Crippen LogP) is 2.87. The molecule has 1 rings (SSSR count). The van der Waals surface area contributed by atoms with Crippen molar-refractivity contribution in [1.82, 2.24) is 14.8 Å². The van der Waals surface area contributed by atoms with Gasteiger partial charge in [-0.15, -0.1) is 0 Å². The second-order valence-electron chi connectivity index (χ2n) is 4.60. The van der Waals surface area contributed by atoms with Gasteiger partial charge in [0.1, 0.15) is 12.7 Å². The first kappa shape index (κ1) is 11.2. The monoisotopic (exact) mass is 209 g/mol. The van der Waals surface area contributed by atoms with Gasteiger partial charge in [0.05, 0.1) is 8.07 Å². The molecule has 0 N–H and O–H groups in total. The van der Waals surface area contributed by atoms with Gasteiger partial charge in [-0.05, 0) is 5.54 Å². The van der Waals surface area contributed by atoms with Gasteiger partial charge in [-0.3, -0.25) is 0 Å². The average Bonchev–Trinajstić information content (AvgIpc) is 2.55. The molecule has 0 bridgehead atoms. The molecule has 0 radical (unpaired) electrons. The lowest BCUT2D eigenvalue weighted by molar-refractivity contribution is 0.891. The summed E-state index contributed by atoms with van der Waals surface area (Å²) in [6, 6.07) is 0. The lowest BCUT2D eigenvalue weighted by atomic mass is 10.3. The Morgan fingerprint density at radius 1 is 1.43 bits per heavy atom. The van der Waals surface area contributed by atoms with Crippen LogP contribution in [0.4, 0.5) is 0 Å². The molecule has 1 unspecified atom stereocenters. The normalized spacial score (nSPS) is 14.9. The SMILES string of the molecule is CCC(C=Cn1cncn1)[Si](C)(C)C. The molecule has 1 aromatic rings. The summed E-state index contributed by atoms with van der Waals surface area (Å²) in [5.41, 5.74) is 0.715. The van der Waals surface area contributed by atoms with Gasteiger partial charge in [0, 0.05) is 6.20 Å². The van der Waals surface area contributed by atoms with E-state index in [1.165, 1.54) is 6.42 Å². The summed E-state index contributed by atoms with van der Waals surface area (Å²) < 4.78 is 1.75. The fourth-order valence-corrected chi connectivity index (χ4v) is 3.41. The number of hydrogen-bond acceptors (Lipinski definition) is 2.